The van der Waals surface area contributed by atoms with Crippen LogP contribution in [-0.4, -0.2) is 13.2 Å². The van der Waals surface area contributed by atoms with Crippen molar-refractivity contribution in [3.05, 3.63) is 35.9 Å². The van der Waals surface area contributed by atoms with E-state index in [0.717, 1.165) is 6.54 Å². The maximum Gasteiger partial charge on any atom is 0.0542 e. The Bertz CT molecular complexity index is 208. The van der Waals surface area contributed by atoms with Gasteiger partial charge in [0.15, 0.2) is 0 Å². The fourth-order valence-electron chi connectivity index (χ4n) is 0.969. The molecule has 0 bridgehead atoms. The molecule has 2 heteroatoms. The second kappa shape index (κ2) is 4.91. The fourth-order valence-corrected chi connectivity index (χ4v) is 0.969. The van der Waals surface area contributed by atoms with Gasteiger partial charge in [0.05, 0.1) is 6.17 Å². The van der Waals surface area contributed by atoms with Crippen LogP contribution in [-0.2, 0) is 6.54 Å². The summed E-state index contributed by atoms with van der Waals surface area (Å²) in [5.74, 6) is 0. The third-order valence-corrected chi connectivity index (χ3v) is 1.89. The molecule has 0 saturated carbocycles. The second-order valence-electron chi connectivity index (χ2n) is 2.88. The summed E-state index contributed by atoms with van der Waals surface area (Å²) in [6.07, 6.45) is 0.366. The lowest BCUT2D eigenvalue weighted by Gasteiger charge is -2.11. The van der Waals surface area contributed by atoms with Gasteiger partial charge in [-0.3, -0.25) is 5.32 Å². The predicted octanol–water partition coefficient (Wildman–Crippen LogP) is 1.34. The van der Waals surface area contributed by atoms with Gasteiger partial charge in [-0.1, -0.05) is 30.3 Å². The van der Waals surface area contributed by atoms with E-state index in [-0.39, 0.29) is 0 Å². The van der Waals surface area contributed by atoms with Gasteiger partial charge in [0.25, 0.3) is 0 Å². The standard InChI is InChI=1S/C10H16N2/c1-9(11-2)12-8-10-6-4-3-5-7-10/h3-7,9,11-12H,8H2,1-2H3. The predicted molar refractivity (Wildman–Crippen MR) is 51.8 cm³/mol. The Labute approximate surface area is 74.0 Å². The largest absolute Gasteiger partial charge is 0.305 e. The molecule has 66 valence electrons. The van der Waals surface area contributed by atoms with E-state index in [1.54, 1.807) is 0 Å². The highest BCUT2D eigenvalue weighted by atomic mass is 15.1. The van der Waals surface area contributed by atoms with Gasteiger partial charge in [-0.25, -0.2) is 0 Å². The Morgan fingerprint density at radius 3 is 2.50 bits per heavy atom. The maximum absolute atomic E-state index is 3.34. The molecule has 2 nitrogen and oxygen atoms in total. The molecule has 0 radical (unpaired) electrons. The van der Waals surface area contributed by atoms with Crippen molar-refractivity contribution in [1.29, 1.82) is 0 Å². The fraction of sp³-hybridized carbons (Fsp3) is 0.400. The van der Waals surface area contributed by atoms with Crippen LogP contribution in [0.4, 0.5) is 0 Å². The van der Waals surface area contributed by atoms with Crippen molar-refractivity contribution in [3.63, 3.8) is 0 Å². The zero-order valence-corrected chi connectivity index (χ0v) is 7.67. The lowest BCUT2D eigenvalue weighted by Crippen LogP contribution is -2.36. The Kier molecular flexibility index (Phi) is 3.77. The van der Waals surface area contributed by atoms with Gasteiger partial charge in [0, 0.05) is 6.54 Å². The Balaban J connectivity index is 2.33. The van der Waals surface area contributed by atoms with Crippen LogP contribution < -0.4 is 10.6 Å². The molecule has 1 unspecified atom stereocenters. The molecule has 0 heterocycles. The summed E-state index contributed by atoms with van der Waals surface area (Å²) in [5, 5.41) is 6.46. The van der Waals surface area contributed by atoms with Crippen LogP contribution >= 0.6 is 0 Å². The quantitative estimate of drug-likeness (QED) is 0.656. The molecule has 0 aliphatic rings. The second-order valence-corrected chi connectivity index (χ2v) is 2.88. The smallest absolute Gasteiger partial charge is 0.0542 e. The van der Waals surface area contributed by atoms with Crippen LogP contribution in [0.1, 0.15) is 12.5 Å². The Hall–Kier alpha value is -0.860. The Morgan fingerprint density at radius 1 is 1.25 bits per heavy atom. The van der Waals surface area contributed by atoms with Crippen molar-refractivity contribution in [2.24, 2.45) is 0 Å². The van der Waals surface area contributed by atoms with Crippen molar-refractivity contribution in [2.45, 2.75) is 19.6 Å². The summed E-state index contributed by atoms with van der Waals surface area (Å²) < 4.78 is 0. The molecule has 1 atom stereocenters. The summed E-state index contributed by atoms with van der Waals surface area (Å²) in [6.45, 7) is 3.02. The van der Waals surface area contributed by atoms with E-state index in [2.05, 4.69) is 41.8 Å². The van der Waals surface area contributed by atoms with Gasteiger partial charge < -0.3 is 5.32 Å². The summed E-state index contributed by atoms with van der Waals surface area (Å²) in [5.41, 5.74) is 1.32. The molecule has 0 aromatic heterocycles. The van der Waals surface area contributed by atoms with E-state index >= 15 is 0 Å². The molecule has 0 spiro atoms. The van der Waals surface area contributed by atoms with Gasteiger partial charge in [-0.2, -0.15) is 0 Å². The van der Waals surface area contributed by atoms with Crippen LogP contribution in [0.25, 0.3) is 0 Å². The molecule has 0 aliphatic carbocycles. The molecular weight excluding hydrogens is 148 g/mol. The lowest BCUT2D eigenvalue weighted by atomic mass is 10.2. The van der Waals surface area contributed by atoms with E-state index < -0.39 is 0 Å². The molecule has 1 aromatic rings. The van der Waals surface area contributed by atoms with Crippen molar-refractivity contribution < 1.29 is 0 Å². The monoisotopic (exact) mass is 164 g/mol. The van der Waals surface area contributed by atoms with E-state index in [0.29, 0.717) is 6.17 Å². The SMILES string of the molecule is CNC(C)NCc1ccccc1. The van der Waals surface area contributed by atoms with Gasteiger partial charge in [-0.15, -0.1) is 0 Å². The topological polar surface area (TPSA) is 24.1 Å². The van der Waals surface area contributed by atoms with Gasteiger partial charge in [0.1, 0.15) is 0 Å². The van der Waals surface area contributed by atoms with Crippen molar-refractivity contribution in [3.8, 4) is 0 Å². The average Bonchev–Trinajstić information content (AvgIpc) is 2.16. The Morgan fingerprint density at radius 2 is 1.92 bits per heavy atom. The first-order valence-corrected chi connectivity index (χ1v) is 4.27. The van der Waals surface area contributed by atoms with E-state index in [1.807, 2.05) is 13.1 Å². The molecule has 0 aliphatic heterocycles. The van der Waals surface area contributed by atoms with Gasteiger partial charge in [-0.05, 0) is 19.5 Å². The van der Waals surface area contributed by atoms with Crippen molar-refractivity contribution in [1.82, 2.24) is 10.6 Å². The highest BCUT2D eigenvalue weighted by Crippen LogP contribution is 1.97. The first-order chi connectivity index (χ1) is 5.83. The summed E-state index contributed by atoms with van der Waals surface area (Å²) >= 11 is 0. The number of hydrogen-bond acceptors (Lipinski definition) is 2. The van der Waals surface area contributed by atoms with Crippen molar-refractivity contribution in [2.75, 3.05) is 7.05 Å². The zero-order chi connectivity index (χ0) is 8.81. The number of benzene rings is 1. The summed E-state index contributed by atoms with van der Waals surface area (Å²) in [6, 6.07) is 10.4. The third kappa shape index (κ3) is 3.03. The molecule has 2 N–H and O–H groups in total. The van der Waals surface area contributed by atoms with Crippen LogP contribution in [0.5, 0.6) is 0 Å². The van der Waals surface area contributed by atoms with Crippen molar-refractivity contribution >= 4 is 0 Å². The first-order valence-electron chi connectivity index (χ1n) is 4.27. The molecule has 0 fully saturated rings. The van der Waals surface area contributed by atoms with Crippen LogP contribution in [0.3, 0.4) is 0 Å². The van der Waals surface area contributed by atoms with E-state index in [4.69, 9.17) is 0 Å². The van der Waals surface area contributed by atoms with Crippen LogP contribution in [0.2, 0.25) is 0 Å². The molecular formula is C10H16N2. The van der Waals surface area contributed by atoms with Gasteiger partial charge in [0.2, 0.25) is 0 Å². The maximum atomic E-state index is 3.34. The lowest BCUT2D eigenvalue weighted by molar-refractivity contribution is 0.489. The summed E-state index contributed by atoms with van der Waals surface area (Å²) in [7, 11) is 1.95. The minimum Gasteiger partial charge on any atom is -0.305 e. The first kappa shape index (κ1) is 9.23. The number of rotatable bonds is 4. The normalized spacial score (nSPS) is 12.8. The molecule has 1 aromatic carbocycles. The minimum absolute atomic E-state index is 0.366. The van der Waals surface area contributed by atoms with Crippen LogP contribution in [0, 0.1) is 0 Å². The molecule has 12 heavy (non-hydrogen) atoms. The van der Waals surface area contributed by atoms with E-state index in [1.165, 1.54) is 5.56 Å². The highest BCUT2D eigenvalue weighted by Gasteiger charge is 1.95. The number of hydrogen-bond donors (Lipinski definition) is 2. The van der Waals surface area contributed by atoms with Crippen LogP contribution in [0.15, 0.2) is 30.3 Å². The number of nitrogens with one attached hydrogen (secondary N) is 2. The highest BCUT2D eigenvalue weighted by molar-refractivity contribution is 5.14. The summed E-state index contributed by atoms with van der Waals surface area (Å²) in [4.78, 5) is 0. The third-order valence-electron chi connectivity index (χ3n) is 1.89. The minimum atomic E-state index is 0.366. The average molecular weight is 164 g/mol. The van der Waals surface area contributed by atoms with E-state index in [9.17, 15) is 0 Å². The van der Waals surface area contributed by atoms with Gasteiger partial charge >= 0.3 is 0 Å². The zero-order valence-electron chi connectivity index (χ0n) is 7.67. The molecule has 0 saturated heterocycles. The molecule has 0 amide bonds. The molecule has 1 rings (SSSR count).